The van der Waals surface area contributed by atoms with Crippen LogP contribution in [-0.2, 0) is 0 Å². The number of nitrogens with one attached hydrogen (secondary N) is 1. The maximum absolute atomic E-state index is 8.63. The van der Waals surface area contributed by atoms with Crippen LogP contribution >= 0.6 is 11.3 Å². The third-order valence-electron chi connectivity index (χ3n) is 2.90. The number of hydrogen-bond donors (Lipinski definition) is 1. The van der Waals surface area contributed by atoms with Crippen LogP contribution in [0.4, 0.5) is 11.4 Å². The van der Waals surface area contributed by atoms with Gasteiger partial charge >= 0.3 is 0 Å². The van der Waals surface area contributed by atoms with Crippen molar-refractivity contribution in [3.63, 3.8) is 0 Å². The maximum Gasteiger partial charge on any atom is 0.127 e. The first-order valence-corrected chi connectivity index (χ1v) is 7.01. The summed E-state index contributed by atoms with van der Waals surface area (Å²) in [6, 6.07) is -2.97. The quantitative estimate of drug-likeness (QED) is 0.865. The summed E-state index contributed by atoms with van der Waals surface area (Å²) in [5.41, 5.74) is -0.792. The van der Waals surface area contributed by atoms with E-state index < -0.39 is 73.5 Å². The van der Waals surface area contributed by atoms with Crippen molar-refractivity contribution >= 4 is 28.5 Å². The van der Waals surface area contributed by atoms with Crippen LogP contribution in [0.2, 0.25) is 0 Å². The van der Waals surface area contributed by atoms with Gasteiger partial charge in [-0.3, -0.25) is 0 Å². The highest BCUT2D eigenvalue weighted by atomic mass is 32.1. The molecule has 22 heavy (non-hydrogen) atoms. The average molecular weight is 329 g/mol. The predicted molar refractivity (Wildman–Crippen MR) is 92.0 cm³/mol. The lowest BCUT2D eigenvalue weighted by Gasteiger charge is -2.35. The Morgan fingerprint density at radius 1 is 1.32 bits per heavy atom. The average Bonchev–Trinajstić information content (AvgIpc) is 2.92. The van der Waals surface area contributed by atoms with Crippen LogP contribution in [0.25, 0.3) is 5.82 Å². The summed E-state index contributed by atoms with van der Waals surface area (Å²) in [6.07, 6.45) is 0. The van der Waals surface area contributed by atoms with Crippen molar-refractivity contribution in [3.05, 3.63) is 45.0 Å². The summed E-state index contributed by atoms with van der Waals surface area (Å²) in [6.45, 7) is -16.8. The van der Waals surface area contributed by atoms with E-state index in [2.05, 4.69) is 10.3 Å². The van der Waals surface area contributed by atoms with Crippen LogP contribution in [0.1, 0.15) is 26.8 Å². The van der Waals surface area contributed by atoms with E-state index >= 15 is 0 Å². The fourth-order valence-electron chi connectivity index (χ4n) is 1.99. The number of para-hydroxylation sites is 2. The second kappa shape index (κ2) is 5.41. The monoisotopic (exact) mass is 328 g/mol. The Morgan fingerprint density at radius 2 is 2.14 bits per heavy atom. The van der Waals surface area contributed by atoms with Gasteiger partial charge in [0.1, 0.15) is 10.5 Å². The van der Waals surface area contributed by atoms with E-state index in [-0.39, 0.29) is 31.4 Å². The van der Waals surface area contributed by atoms with Crippen LogP contribution in [0.15, 0.2) is 35.2 Å². The van der Waals surface area contributed by atoms with Crippen molar-refractivity contribution in [2.75, 3.05) is 38.3 Å². The molecule has 2 aliphatic rings. The molecule has 3 heterocycles. The molecule has 0 atom stereocenters. The smallest absolute Gasteiger partial charge is 0.127 e. The topological polar surface area (TPSA) is 30.9 Å². The lowest BCUT2D eigenvalue weighted by Crippen LogP contribution is -2.47. The molecule has 2 aromatic rings. The third kappa shape index (κ3) is 2.40. The van der Waals surface area contributed by atoms with Gasteiger partial charge in [-0.1, -0.05) is 12.1 Å². The zero-order chi connectivity index (χ0) is 29.1. The molecule has 0 unspecified atom stereocenters. The fourth-order valence-corrected chi connectivity index (χ4v) is 2.82. The number of thiophene rings is 1. The zero-order valence-corrected chi connectivity index (χ0v) is 12.1. The number of rotatable bonds is 1. The number of nitrogens with zero attached hydrogens (tertiary/aromatic N) is 3. The van der Waals surface area contributed by atoms with Gasteiger partial charge in [0.15, 0.2) is 0 Å². The molecule has 1 aromatic heterocycles. The number of likely N-dealkylation sites (N-methyl/N-ethyl adjacent to an activating group) is 1. The Kier molecular flexibility index (Phi) is 1.19. The molecule has 4 nitrogen and oxygen atoms in total. The molecule has 5 heteroatoms. The molecule has 0 spiro atoms. The predicted octanol–water partition coefficient (Wildman–Crippen LogP) is 1.75. The summed E-state index contributed by atoms with van der Waals surface area (Å²) in [4.78, 5) is 4.09. The van der Waals surface area contributed by atoms with Crippen LogP contribution in [0, 0.1) is 6.92 Å². The molecule has 1 N–H and O–H groups in total. The standard InChI is InChI=1S/C17H20N4S/c1-12-11-13-16(21-9-7-20(2)8-10-21)18-14-5-3-4-6-15(14)19-17(13)22-12/h3-6,11,18H,7-10H2,1-2H3/i2D3,3D,4D,5D,6D,7D2,8D2,9D2,10D2,11D. The number of fused-ring (bicyclic) bond motifs is 2. The number of hydrogen-bond acceptors (Lipinski definition) is 5. The van der Waals surface area contributed by atoms with Crippen molar-refractivity contribution in [2.24, 2.45) is 4.99 Å². The van der Waals surface area contributed by atoms with Gasteiger partial charge in [0.2, 0.25) is 0 Å². The molecule has 0 saturated carbocycles. The second-order valence-electron chi connectivity index (χ2n) is 4.39. The molecule has 0 bridgehead atoms. The molecule has 1 aromatic carbocycles. The van der Waals surface area contributed by atoms with Crippen molar-refractivity contribution in [1.29, 1.82) is 0 Å². The van der Waals surface area contributed by atoms with Gasteiger partial charge in [0.05, 0.1) is 28.9 Å². The van der Waals surface area contributed by atoms with E-state index in [9.17, 15) is 0 Å². The van der Waals surface area contributed by atoms with E-state index in [0.717, 1.165) is 11.3 Å². The van der Waals surface area contributed by atoms with Gasteiger partial charge in [-0.15, -0.1) is 11.3 Å². The Bertz CT molecular complexity index is 1450. The van der Waals surface area contributed by atoms with Gasteiger partial charge in [0, 0.05) is 40.5 Å². The Hall–Kier alpha value is -1.85. The highest BCUT2D eigenvalue weighted by molar-refractivity contribution is 7.09. The number of aryl methyl sites for hydroxylation is 1. The maximum atomic E-state index is 8.63. The van der Waals surface area contributed by atoms with Gasteiger partial charge in [-0.2, -0.15) is 0 Å². The van der Waals surface area contributed by atoms with Crippen molar-refractivity contribution in [3.8, 4) is 0 Å². The van der Waals surface area contributed by atoms with Crippen LogP contribution < -0.4 is 15.2 Å². The van der Waals surface area contributed by atoms with E-state index in [1.54, 1.807) is 0 Å². The second-order valence-corrected chi connectivity index (χ2v) is 5.59. The SMILES string of the molecule is [2H]c1c([2H])c([2H])c2c(c1[2H])N=c1sc(C)c([2H])c1=C(N1C([2H])([2H])C([2H])([2H])N(C([2H])([2H])[2H])C([2H])([2H])C1([2H])[2H])N2. The summed E-state index contributed by atoms with van der Waals surface area (Å²) in [7, 11) is 0. The van der Waals surface area contributed by atoms with E-state index in [0.29, 0.717) is 0 Å². The molecule has 1 fully saturated rings. The third-order valence-corrected chi connectivity index (χ3v) is 3.79. The number of anilines is 1. The molecule has 0 radical (unpaired) electrons. The van der Waals surface area contributed by atoms with Gasteiger partial charge in [-0.25, -0.2) is 4.99 Å². The van der Waals surface area contributed by atoms with Crippen molar-refractivity contribution in [1.82, 2.24) is 9.80 Å². The first kappa shape index (κ1) is 4.82. The zero-order valence-electron chi connectivity index (χ0n) is 27.2. The minimum Gasteiger partial charge on any atom is -0.355 e. The van der Waals surface area contributed by atoms with Gasteiger partial charge < -0.3 is 15.1 Å². The molecule has 0 aliphatic carbocycles. The van der Waals surface area contributed by atoms with Gasteiger partial charge in [-0.05, 0) is 32.0 Å². The highest BCUT2D eigenvalue weighted by Crippen LogP contribution is 2.27. The first-order chi connectivity index (χ1) is 17.0. The minimum absolute atomic E-state index is 0.0250. The molecular formula is C17H20N4S. The van der Waals surface area contributed by atoms with E-state index in [4.69, 9.17) is 21.9 Å². The fraction of sp³-hybridized carbons (Fsp3) is 0.353. The Labute approximate surface area is 156 Å². The molecule has 1 saturated heterocycles. The van der Waals surface area contributed by atoms with Crippen LogP contribution in [0.3, 0.4) is 0 Å². The van der Waals surface area contributed by atoms with Gasteiger partial charge in [0.25, 0.3) is 0 Å². The van der Waals surface area contributed by atoms with Crippen molar-refractivity contribution in [2.45, 2.75) is 6.92 Å². The molecule has 0 amide bonds. The summed E-state index contributed by atoms with van der Waals surface area (Å²) >= 11 is 0.864. The molecule has 2 aliphatic heterocycles. The van der Waals surface area contributed by atoms with E-state index in [1.165, 1.54) is 6.92 Å². The largest absolute Gasteiger partial charge is 0.355 e. The van der Waals surface area contributed by atoms with E-state index in [1.807, 2.05) is 0 Å². The molecule has 4 rings (SSSR count). The summed E-state index contributed by atoms with van der Waals surface area (Å²) in [5, 5.41) is 2.19. The Balaban J connectivity index is 2.17. The van der Waals surface area contributed by atoms with Crippen LogP contribution in [0.5, 0.6) is 0 Å². The number of benzene rings is 1. The first-order valence-electron chi connectivity index (χ1n) is 14.2. The number of piperazine rings is 1. The normalized spacial score (nSPS) is 38.4. The van der Waals surface area contributed by atoms with Crippen molar-refractivity contribution < 1.29 is 21.9 Å². The Morgan fingerprint density at radius 3 is 2.95 bits per heavy atom. The minimum atomic E-state index is -3.70. The van der Waals surface area contributed by atoms with Crippen LogP contribution in [-0.4, -0.2) is 42.8 Å². The lowest BCUT2D eigenvalue weighted by molar-refractivity contribution is 0.206. The molecular weight excluding hydrogens is 292 g/mol. The summed E-state index contributed by atoms with van der Waals surface area (Å²) < 4.78 is 132. The lowest BCUT2D eigenvalue weighted by atomic mass is 10.2. The highest BCUT2D eigenvalue weighted by Gasteiger charge is 2.20. The molecule has 114 valence electrons. The summed E-state index contributed by atoms with van der Waals surface area (Å²) in [5.74, 6) is -0.755.